The normalized spacial score (nSPS) is 26.4. The molecule has 0 unspecified atom stereocenters. The summed E-state index contributed by atoms with van der Waals surface area (Å²) in [4.78, 5) is 26.4. The summed E-state index contributed by atoms with van der Waals surface area (Å²) >= 11 is 12.6. The molecule has 1 N–H and O–H groups in total. The number of rotatable bonds is 7. The molecule has 2 aliphatic heterocycles. The van der Waals surface area contributed by atoms with Gasteiger partial charge >= 0.3 is 5.97 Å². The Morgan fingerprint density at radius 2 is 1.98 bits per heavy atom. The highest BCUT2D eigenvalue weighted by atomic mass is 35.5. The number of fused-ring (bicyclic) bond motifs is 1. The number of methoxy groups -OCH3 is 1. The fourth-order valence-corrected chi connectivity index (χ4v) is 7.31. The van der Waals surface area contributed by atoms with E-state index in [1.807, 2.05) is 19.9 Å². The van der Waals surface area contributed by atoms with E-state index in [-0.39, 0.29) is 24.0 Å². The van der Waals surface area contributed by atoms with E-state index in [1.165, 1.54) is 20.0 Å². The highest BCUT2D eigenvalue weighted by Crippen LogP contribution is 2.46. The molecule has 3 fully saturated rings. The molecule has 6 rings (SSSR count). The van der Waals surface area contributed by atoms with Crippen LogP contribution in [0.15, 0.2) is 18.2 Å². The van der Waals surface area contributed by atoms with Crippen molar-refractivity contribution in [3.63, 3.8) is 0 Å². The molecule has 0 radical (unpaired) electrons. The van der Waals surface area contributed by atoms with Gasteiger partial charge in [-0.05, 0) is 75.6 Å². The van der Waals surface area contributed by atoms with Gasteiger partial charge in [0.2, 0.25) is 5.95 Å². The summed E-state index contributed by atoms with van der Waals surface area (Å²) in [7, 11) is 1.48. The number of carbonyl (C=O) groups is 1. The number of piperidine rings is 1. The quantitative estimate of drug-likeness (QED) is 0.408. The number of benzene rings is 1. The Balaban J connectivity index is 1.15. The van der Waals surface area contributed by atoms with E-state index < -0.39 is 0 Å². The van der Waals surface area contributed by atoms with E-state index >= 15 is 0 Å². The van der Waals surface area contributed by atoms with Crippen molar-refractivity contribution in [3.05, 3.63) is 39.5 Å². The molecule has 3 aromatic rings. The Kier molecular flexibility index (Phi) is 7.39. The summed E-state index contributed by atoms with van der Waals surface area (Å²) < 4.78 is 6.74. The van der Waals surface area contributed by atoms with E-state index in [9.17, 15) is 9.90 Å². The van der Waals surface area contributed by atoms with Crippen LogP contribution in [-0.2, 0) is 16.1 Å². The Hall–Kier alpha value is -2.53. The zero-order valence-electron chi connectivity index (χ0n) is 23.1. The molecular weight excluding hydrogens is 553 g/mol. The molecule has 0 spiro atoms. The predicted molar refractivity (Wildman–Crippen MR) is 152 cm³/mol. The number of aromatic nitrogens is 5. The second-order valence-electron chi connectivity index (χ2n) is 11.9. The van der Waals surface area contributed by atoms with Crippen molar-refractivity contribution in [1.82, 2.24) is 29.9 Å². The maximum Gasteiger partial charge on any atom is 0.311 e. The van der Waals surface area contributed by atoms with Crippen molar-refractivity contribution in [2.75, 3.05) is 38.2 Å². The van der Waals surface area contributed by atoms with Gasteiger partial charge in [0.05, 0.1) is 25.2 Å². The van der Waals surface area contributed by atoms with Gasteiger partial charge in [-0.25, -0.2) is 9.67 Å². The third-order valence-corrected chi connectivity index (χ3v) is 9.79. The lowest BCUT2D eigenvalue weighted by Crippen LogP contribution is -2.58. The minimum absolute atomic E-state index is 0.0895. The number of likely N-dealkylation sites (tertiary alicyclic amines) is 1. The Morgan fingerprint density at radius 1 is 1.20 bits per heavy atom. The molecule has 2 aromatic heterocycles. The standard InChI is InChI=1S/C28H35Cl2N7O3/c1-16(21-7-6-19(29)9-22(21)30)37-25-24(33-34-37)23(15-38)31-27(32-25)36-13-18(14-36)17-5-4-8-35(12-17)20-10-28(2,11-20)26(39)40-3/h6-7,9,16-18,20,38H,4-5,8,10-15H2,1-3H3/t16-,17+,20?,28?/m1/s1. The number of hydrogen-bond acceptors (Lipinski definition) is 9. The summed E-state index contributed by atoms with van der Waals surface area (Å²) in [6.07, 6.45) is 4.15. The highest BCUT2D eigenvalue weighted by molar-refractivity contribution is 6.35. The molecule has 40 heavy (non-hydrogen) atoms. The van der Waals surface area contributed by atoms with E-state index in [0.29, 0.717) is 50.7 Å². The molecule has 4 heterocycles. The third kappa shape index (κ3) is 4.82. The first kappa shape index (κ1) is 27.6. The molecule has 1 saturated carbocycles. The monoisotopic (exact) mass is 587 g/mol. The van der Waals surface area contributed by atoms with Crippen molar-refractivity contribution in [2.24, 2.45) is 17.3 Å². The maximum atomic E-state index is 12.1. The number of hydrogen-bond donors (Lipinski definition) is 1. The summed E-state index contributed by atoms with van der Waals surface area (Å²) in [5, 5.41) is 19.8. The molecular formula is C28H35Cl2N7O3. The lowest BCUT2D eigenvalue weighted by atomic mass is 9.65. The Morgan fingerprint density at radius 3 is 2.67 bits per heavy atom. The maximum absolute atomic E-state index is 12.1. The molecule has 0 amide bonds. The first-order valence-corrected chi connectivity index (χ1v) is 14.7. The molecule has 1 aliphatic carbocycles. The minimum Gasteiger partial charge on any atom is -0.469 e. The lowest BCUT2D eigenvalue weighted by molar-refractivity contribution is -0.162. The fraction of sp³-hybridized carbons (Fsp3) is 0.607. The average molecular weight is 589 g/mol. The van der Waals surface area contributed by atoms with Crippen LogP contribution in [0.5, 0.6) is 0 Å². The summed E-state index contributed by atoms with van der Waals surface area (Å²) in [5.74, 6) is 1.66. The van der Waals surface area contributed by atoms with Crippen molar-refractivity contribution in [1.29, 1.82) is 0 Å². The minimum atomic E-state index is -0.336. The van der Waals surface area contributed by atoms with Crippen LogP contribution in [0.2, 0.25) is 10.0 Å². The van der Waals surface area contributed by atoms with Crippen molar-refractivity contribution in [3.8, 4) is 0 Å². The fourth-order valence-electron chi connectivity index (χ4n) is 6.74. The number of nitrogens with zero attached hydrogens (tertiary/aromatic N) is 7. The average Bonchev–Trinajstić information content (AvgIpc) is 3.33. The number of esters is 1. The topological polar surface area (TPSA) is 110 Å². The van der Waals surface area contributed by atoms with Crippen molar-refractivity contribution >= 4 is 46.3 Å². The molecule has 2 saturated heterocycles. The molecule has 214 valence electrons. The van der Waals surface area contributed by atoms with Crippen LogP contribution in [0.1, 0.15) is 56.8 Å². The van der Waals surface area contributed by atoms with Gasteiger partial charge in [0.1, 0.15) is 5.69 Å². The van der Waals surface area contributed by atoms with Crippen LogP contribution < -0.4 is 4.90 Å². The van der Waals surface area contributed by atoms with Crippen LogP contribution in [-0.4, -0.2) is 80.3 Å². The van der Waals surface area contributed by atoms with E-state index in [1.54, 1.807) is 16.8 Å². The number of ether oxygens (including phenoxy) is 1. The molecule has 10 nitrogen and oxygen atoms in total. The Labute approximate surface area is 243 Å². The molecule has 3 aliphatic rings. The van der Waals surface area contributed by atoms with Gasteiger partial charge in [-0.1, -0.05) is 34.5 Å². The number of aliphatic hydroxyl groups excluding tert-OH is 1. The van der Waals surface area contributed by atoms with Crippen molar-refractivity contribution < 1.29 is 14.6 Å². The highest BCUT2D eigenvalue weighted by Gasteiger charge is 2.50. The number of aliphatic hydroxyl groups is 1. The second kappa shape index (κ2) is 10.7. The van der Waals surface area contributed by atoms with Crippen LogP contribution >= 0.6 is 23.2 Å². The molecule has 1 aromatic carbocycles. The van der Waals surface area contributed by atoms with Gasteiger partial charge < -0.3 is 19.6 Å². The summed E-state index contributed by atoms with van der Waals surface area (Å²) in [6.45, 7) is 7.67. The van der Waals surface area contributed by atoms with Crippen molar-refractivity contribution in [2.45, 2.75) is 58.2 Å². The van der Waals surface area contributed by atoms with E-state index in [2.05, 4.69) is 25.1 Å². The predicted octanol–water partition coefficient (Wildman–Crippen LogP) is 4.12. The summed E-state index contributed by atoms with van der Waals surface area (Å²) in [6, 6.07) is 5.61. The van der Waals surface area contributed by atoms with Gasteiger partial charge in [-0.2, -0.15) is 4.98 Å². The van der Waals surface area contributed by atoms with Crippen LogP contribution in [0.4, 0.5) is 5.95 Å². The molecule has 2 atom stereocenters. The number of carbonyl (C=O) groups excluding carboxylic acids is 1. The van der Waals surface area contributed by atoms with Gasteiger partial charge in [0.15, 0.2) is 11.2 Å². The largest absolute Gasteiger partial charge is 0.469 e. The summed E-state index contributed by atoms with van der Waals surface area (Å²) in [5.41, 5.74) is 2.04. The zero-order chi connectivity index (χ0) is 28.2. The lowest BCUT2D eigenvalue weighted by Gasteiger charge is -2.52. The Bertz CT molecular complexity index is 1420. The third-order valence-electron chi connectivity index (χ3n) is 9.23. The zero-order valence-corrected chi connectivity index (χ0v) is 24.6. The smallest absolute Gasteiger partial charge is 0.311 e. The van der Waals surface area contributed by atoms with Gasteiger partial charge in [0, 0.05) is 35.7 Å². The first-order chi connectivity index (χ1) is 19.2. The van der Waals surface area contributed by atoms with E-state index in [4.69, 9.17) is 32.9 Å². The number of anilines is 1. The number of halogens is 2. The van der Waals surface area contributed by atoms with Gasteiger partial charge in [0.25, 0.3) is 0 Å². The van der Waals surface area contributed by atoms with Crippen LogP contribution in [0.3, 0.4) is 0 Å². The molecule has 0 bridgehead atoms. The van der Waals surface area contributed by atoms with Gasteiger partial charge in [-0.15, -0.1) is 5.10 Å². The van der Waals surface area contributed by atoms with Gasteiger partial charge in [-0.3, -0.25) is 4.79 Å². The van der Waals surface area contributed by atoms with Crippen LogP contribution in [0.25, 0.3) is 11.2 Å². The second-order valence-corrected chi connectivity index (χ2v) is 12.7. The first-order valence-electron chi connectivity index (χ1n) is 14.0. The SMILES string of the molecule is COC(=O)C1(C)CC(N2CCC[C@H](C3CN(c4nc(CO)c5nnn([C@H](C)c6ccc(Cl)cc6Cl)c5n4)C3)C2)C1. The molecule has 12 heteroatoms. The van der Waals surface area contributed by atoms with Crippen LogP contribution in [0, 0.1) is 17.3 Å². The van der Waals surface area contributed by atoms with E-state index in [0.717, 1.165) is 44.6 Å².